The molecule has 0 N–H and O–H groups in total. The van der Waals surface area contributed by atoms with Crippen LogP contribution in [0.5, 0.6) is 11.5 Å². The Morgan fingerprint density at radius 3 is 1.59 bits per heavy atom. The van der Waals surface area contributed by atoms with E-state index in [9.17, 15) is 0 Å². The van der Waals surface area contributed by atoms with E-state index in [-0.39, 0.29) is 0 Å². The highest BCUT2D eigenvalue weighted by atomic mass is 16.5. The molecule has 4 nitrogen and oxygen atoms in total. The third kappa shape index (κ3) is 3.59. The third-order valence-corrected chi connectivity index (χ3v) is 3.49. The van der Waals surface area contributed by atoms with Gasteiger partial charge in [-0.1, -0.05) is 12.1 Å². The van der Waals surface area contributed by atoms with Gasteiger partial charge in [0.05, 0.1) is 27.4 Å². The molecule has 0 saturated heterocycles. The van der Waals surface area contributed by atoms with Crippen molar-refractivity contribution in [2.45, 2.75) is 13.2 Å². The molecule has 0 spiro atoms. The number of rotatable bonds is 7. The summed E-state index contributed by atoms with van der Waals surface area (Å²) >= 11 is 0. The Morgan fingerprint density at radius 1 is 0.682 bits per heavy atom. The van der Waals surface area contributed by atoms with E-state index in [1.807, 2.05) is 36.4 Å². The van der Waals surface area contributed by atoms with Crippen molar-refractivity contribution in [1.82, 2.24) is 0 Å². The Labute approximate surface area is 131 Å². The van der Waals surface area contributed by atoms with Gasteiger partial charge in [0.2, 0.25) is 0 Å². The fourth-order valence-corrected chi connectivity index (χ4v) is 2.52. The monoisotopic (exact) mass is 302 g/mol. The average molecular weight is 302 g/mol. The largest absolute Gasteiger partial charge is 0.497 e. The SMILES string of the molecule is COCc1cc(OC)cc(COC)c1-c1ccc(OC)cc1. The molecule has 0 bridgehead atoms. The molecule has 22 heavy (non-hydrogen) atoms. The maximum Gasteiger partial charge on any atom is 0.119 e. The van der Waals surface area contributed by atoms with Crippen LogP contribution in [0.25, 0.3) is 11.1 Å². The van der Waals surface area contributed by atoms with Crippen LogP contribution in [-0.2, 0) is 22.7 Å². The maximum atomic E-state index is 5.38. The van der Waals surface area contributed by atoms with Gasteiger partial charge in [-0.25, -0.2) is 0 Å². The fourth-order valence-electron chi connectivity index (χ4n) is 2.52. The minimum atomic E-state index is 0.509. The number of hydrogen-bond acceptors (Lipinski definition) is 4. The average Bonchev–Trinajstić information content (AvgIpc) is 2.55. The van der Waals surface area contributed by atoms with Crippen molar-refractivity contribution in [2.24, 2.45) is 0 Å². The quantitative estimate of drug-likeness (QED) is 0.782. The van der Waals surface area contributed by atoms with Crippen LogP contribution in [0, 0.1) is 0 Å². The summed E-state index contributed by atoms with van der Waals surface area (Å²) in [6.45, 7) is 1.02. The Morgan fingerprint density at radius 2 is 1.18 bits per heavy atom. The lowest BCUT2D eigenvalue weighted by Gasteiger charge is -2.17. The molecule has 0 unspecified atom stereocenters. The van der Waals surface area contributed by atoms with Crippen molar-refractivity contribution >= 4 is 0 Å². The van der Waals surface area contributed by atoms with Crippen LogP contribution in [-0.4, -0.2) is 28.4 Å². The molecule has 0 radical (unpaired) electrons. The molecule has 2 aromatic carbocycles. The van der Waals surface area contributed by atoms with E-state index in [2.05, 4.69) is 0 Å². The Balaban J connectivity index is 2.57. The maximum absolute atomic E-state index is 5.38. The number of hydrogen-bond donors (Lipinski definition) is 0. The van der Waals surface area contributed by atoms with E-state index in [1.54, 1.807) is 28.4 Å². The Bertz CT molecular complexity index is 578. The molecule has 0 aliphatic rings. The van der Waals surface area contributed by atoms with E-state index in [0.717, 1.165) is 33.8 Å². The summed E-state index contributed by atoms with van der Waals surface area (Å²) in [4.78, 5) is 0. The first-order valence-corrected chi connectivity index (χ1v) is 7.05. The van der Waals surface area contributed by atoms with E-state index in [4.69, 9.17) is 18.9 Å². The minimum absolute atomic E-state index is 0.509. The highest BCUT2D eigenvalue weighted by Crippen LogP contribution is 2.33. The van der Waals surface area contributed by atoms with Gasteiger partial charge < -0.3 is 18.9 Å². The van der Waals surface area contributed by atoms with E-state index < -0.39 is 0 Å². The van der Waals surface area contributed by atoms with Gasteiger partial charge in [-0.15, -0.1) is 0 Å². The van der Waals surface area contributed by atoms with Crippen LogP contribution in [0.3, 0.4) is 0 Å². The Hall–Kier alpha value is -2.04. The van der Waals surface area contributed by atoms with Gasteiger partial charge in [0.15, 0.2) is 0 Å². The molecular formula is C18H22O4. The lowest BCUT2D eigenvalue weighted by molar-refractivity contribution is 0.180. The highest BCUT2D eigenvalue weighted by molar-refractivity contribution is 5.72. The zero-order chi connectivity index (χ0) is 15.9. The van der Waals surface area contributed by atoms with Crippen LogP contribution < -0.4 is 9.47 Å². The van der Waals surface area contributed by atoms with Crippen molar-refractivity contribution in [3.63, 3.8) is 0 Å². The second-order valence-corrected chi connectivity index (χ2v) is 4.92. The standard InChI is InChI=1S/C18H22O4/c1-19-11-14-9-17(22-4)10-15(12-20-2)18(14)13-5-7-16(21-3)8-6-13/h5-10H,11-12H2,1-4H3. The summed E-state index contributed by atoms with van der Waals surface area (Å²) in [6, 6.07) is 12.0. The van der Waals surface area contributed by atoms with Crippen molar-refractivity contribution in [3.8, 4) is 22.6 Å². The van der Waals surface area contributed by atoms with Gasteiger partial charge >= 0.3 is 0 Å². The summed E-state index contributed by atoms with van der Waals surface area (Å²) < 4.78 is 21.3. The first-order valence-electron chi connectivity index (χ1n) is 7.05. The van der Waals surface area contributed by atoms with Gasteiger partial charge in [0.25, 0.3) is 0 Å². The molecule has 4 heteroatoms. The molecule has 118 valence electrons. The number of benzene rings is 2. The molecule has 2 rings (SSSR count). The summed E-state index contributed by atoms with van der Waals surface area (Å²) in [5.41, 5.74) is 4.35. The molecule has 0 aliphatic heterocycles. The van der Waals surface area contributed by atoms with Gasteiger partial charge in [0.1, 0.15) is 11.5 Å². The fraction of sp³-hybridized carbons (Fsp3) is 0.333. The van der Waals surface area contributed by atoms with Gasteiger partial charge in [0, 0.05) is 14.2 Å². The van der Waals surface area contributed by atoms with Crippen LogP contribution >= 0.6 is 0 Å². The van der Waals surface area contributed by atoms with Gasteiger partial charge in [-0.05, 0) is 46.5 Å². The summed E-state index contributed by atoms with van der Waals surface area (Å²) in [5, 5.41) is 0. The molecule has 0 atom stereocenters. The molecule has 0 aromatic heterocycles. The molecule has 0 fully saturated rings. The predicted molar refractivity (Wildman–Crippen MR) is 86.4 cm³/mol. The second kappa shape index (κ2) is 7.82. The molecule has 0 amide bonds. The number of methoxy groups -OCH3 is 4. The first-order chi connectivity index (χ1) is 10.7. The summed E-state index contributed by atoms with van der Waals surface area (Å²) in [7, 11) is 6.70. The summed E-state index contributed by atoms with van der Waals surface area (Å²) in [6.07, 6.45) is 0. The van der Waals surface area contributed by atoms with E-state index >= 15 is 0 Å². The van der Waals surface area contributed by atoms with Crippen LogP contribution in [0.4, 0.5) is 0 Å². The van der Waals surface area contributed by atoms with Crippen LogP contribution in [0.2, 0.25) is 0 Å². The zero-order valence-corrected chi connectivity index (χ0v) is 13.5. The smallest absolute Gasteiger partial charge is 0.119 e. The molecule has 0 heterocycles. The third-order valence-electron chi connectivity index (χ3n) is 3.49. The Kier molecular flexibility index (Phi) is 5.81. The normalized spacial score (nSPS) is 10.5. The van der Waals surface area contributed by atoms with Crippen LogP contribution in [0.1, 0.15) is 11.1 Å². The van der Waals surface area contributed by atoms with Crippen molar-refractivity contribution in [3.05, 3.63) is 47.5 Å². The van der Waals surface area contributed by atoms with E-state index in [1.165, 1.54) is 0 Å². The van der Waals surface area contributed by atoms with Crippen LogP contribution in [0.15, 0.2) is 36.4 Å². The van der Waals surface area contributed by atoms with E-state index in [0.29, 0.717) is 13.2 Å². The van der Waals surface area contributed by atoms with Crippen molar-refractivity contribution in [2.75, 3.05) is 28.4 Å². The minimum Gasteiger partial charge on any atom is -0.497 e. The van der Waals surface area contributed by atoms with Crippen molar-refractivity contribution in [1.29, 1.82) is 0 Å². The topological polar surface area (TPSA) is 36.9 Å². The highest BCUT2D eigenvalue weighted by Gasteiger charge is 2.14. The first kappa shape index (κ1) is 16.3. The van der Waals surface area contributed by atoms with Gasteiger partial charge in [-0.3, -0.25) is 0 Å². The summed E-state index contributed by atoms with van der Waals surface area (Å²) in [5.74, 6) is 1.63. The molecule has 0 saturated carbocycles. The zero-order valence-electron chi connectivity index (χ0n) is 13.5. The molecule has 2 aromatic rings. The second-order valence-electron chi connectivity index (χ2n) is 4.92. The molecular weight excluding hydrogens is 280 g/mol. The van der Waals surface area contributed by atoms with Crippen molar-refractivity contribution < 1.29 is 18.9 Å². The van der Waals surface area contributed by atoms with Gasteiger partial charge in [-0.2, -0.15) is 0 Å². The number of ether oxygens (including phenoxy) is 4. The predicted octanol–water partition coefficient (Wildman–Crippen LogP) is 3.66. The lowest BCUT2D eigenvalue weighted by Crippen LogP contribution is -2.01. The molecule has 0 aliphatic carbocycles. The lowest BCUT2D eigenvalue weighted by atomic mass is 9.94.